The second-order valence-corrected chi connectivity index (χ2v) is 4.88. The predicted octanol–water partition coefficient (Wildman–Crippen LogP) is 3.23. The minimum Gasteiger partial charge on any atom is -0.492 e. The maximum atomic E-state index is 10.8. The van der Waals surface area contributed by atoms with Crippen LogP contribution in [0.15, 0.2) is 12.1 Å². The quantitative estimate of drug-likeness (QED) is 0.674. The molecule has 0 aliphatic heterocycles. The number of carbonyl (C=O) groups excluding carboxylic acids is 1. The van der Waals surface area contributed by atoms with E-state index in [0.717, 1.165) is 42.8 Å². The summed E-state index contributed by atoms with van der Waals surface area (Å²) in [6, 6.07) is 3.75. The van der Waals surface area contributed by atoms with Crippen LogP contribution in [0.5, 0.6) is 5.75 Å². The van der Waals surface area contributed by atoms with Gasteiger partial charge in [-0.3, -0.25) is 4.79 Å². The zero-order chi connectivity index (χ0) is 14.3. The van der Waals surface area contributed by atoms with Gasteiger partial charge in [0.05, 0.1) is 0 Å². The van der Waals surface area contributed by atoms with Gasteiger partial charge in [0.25, 0.3) is 0 Å². The molecule has 1 aromatic rings. The van der Waals surface area contributed by atoms with Crippen LogP contribution >= 0.6 is 0 Å². The van der Waals surface area contributed by atoms with Gasteiger partial charge in [0.1, 0.15) is 18.6 Å². The molecule has 0 bridgehead atoms. The molecule has 0 aliphatic carbocycles. The topological polar surface area (TPSA) is 29.5 Å². The fourth-order valence-corrected chi connectivity index (χ4v) is 2.30. The Morgan fingerprint density at radius 3 is 2.26 bits per heavy atom. The maximum Gasteiger partial charge on any atom is 0.150 e. The number of carbonyl (C=O) groups is 1. The van der Waals surface area contributed by atoms with E-state index in [1.165, 1.54) is 6.42 Å². The maximum absolute atomic E-state index is 10.8. The Kier molecular flexibility index (Phi) is 6.57. The van der Waals surface area contributed by atoms with Crippen molar-refractivity contribution in [1.82, 2.24) is 4.90 Å². The van der Waals surface area contributed by atoms with E-state index in [1.807, 2.05) is 26.0 Å². The highest BCUT2D eigenvalue weighted by atomic mass is 16.5. The average Bonchev–Trinajstić information content (AvgIpc) is 2.40. The van der Waals surface area contributed by atoms with Crippen LogP contribution in [0, 0.1) is 13.8 Å². The summed E-state index contributed by atoms with van der Waals surface area (Å²) < 4.78 is 5.89. The first-order valence-electron chi connectivity index (χ1n) is 7.03. The number of likely N-dealkylation sites (N-methyl/N-ethyl adjacent to an activating group) is 1. The minimum absolute atomic E-state index is 0.690. The first kappa shape index (κ1) is 15.7. The number of aldehydes is 1. The molecule has 1 aromatic carbocycles. The highest BCUT2D eigenvalue weighted by Crippen LogP contribution is 2.24. The lowest BCUT2D eigenvalue weighted by Crippen LogP contribution is -2.29. The molecule has 1 rings (SSSR count). The number of benzene rings is 1. The van der Waals surface area contributed by atoms with E-state index in [2.05, 4.69) is 18.7 Å². The molecule has 0 saturated heterocycles. The van der Waals surface area contributed by atoms with Crippen LogP contribution in [0.25, 0.3) is 0 Å². The first-order chi connectivity index (χ1) is 9.12. The van der Waals surface area contributed by atoms with Crippen molar-refractivity contribution in [3.63, 3.8) is 0 Å². The predicted molar refractivity (Wildman–Crippen MR) is 79.2 cm³/mol. The minimum atomic E-state index is 0.690. The van der Waals surface area contributed by atoms with Crippen LogP contribution in [0.1, 0.15) is 41.8 Å². The lowest BCUT2D eigenvalue weighted by atomic mass is 10.1. The van der Waals surface area contributed by atoms with Crippen molar-refractivity contribution in [2.45, 2.75) is 34.1 Å². The van der Waals surface area contributed by atoms with Crippen LogP contribution in [-0.4, -0.2) is 37.4 Å². The normalized spacial score (nSPS) is 10.8. The molecule has 0 saturated carbocycles. The second kappa shape index (κ2) is 7.95. The molecule has 0 heterocycles. The molecular weight excluding hydrogens is 238 g/mol. The van der Waals surface area contributed by atoms with Crippen LogP contribution in [0.2, 0.25) is 0 Å². The Morgan fingerprint density at radius 1 is 1.16 bits per heavy atom. The standard InChI is InChI=1S/C16H25NO2/c1-5-7-17(6-2)8-9-19-16-13(3)10-15(12-18)11-14(16)4/h10-12H,5-9H2,1-4H3. The van der Waals surface area contributed by atoms with Gasteiger partial charge in [-0.1, -0.05) is 13.8 Å². The molecular formula is C16H25NO2. The zero-order valence-corrected chi connectivity index (χ0v) is 12.5. The number of hydrogen-bond donors (Lipinski definition) is 0. The van der Waals surface area contributed by atoms with E-state index in [4.69, 9.17) is 4.74 Å². The van der Waals surface area contributed by atoms with Gasteiger partial charge < -0.3 is 9.64 Å². The second-order valence-electron chi connectivity index (χ2n) is 4.88. The first-order valence-corrected chi connectivity index (χ1v) is 7.03. The van der Waals surface area contributed by atoms with E-state index in [-0.39, 0.29) is 0 Å². The Bertz CT molecular complexity index is 392. The molecule has 0 atom stereocenters. The van der Waals surface area contributed by atoms with Crippen molar-refractivity contribution in [3.05, 3.63) is 28.8 Å². The van der Waals surface area contributed by atoms with Crippen molar-refractivity contribution < 1.29 is 9.53 Å². The van der Waals surface area contributed by atoms with Crippen LogP contribution < -0.4 is 4.74 Å². The van der Waals surface area contributed by atoms with E-state index >= 15 is 0 Å². The van der Waals surface area contributed by atoms with Crippen LogP contribution in [0.4, 0.5) is 0 Å². The molecule has 0 radical (unpaired) electrons. The third-order valence-corrected chi connectivity index (χ3v) is 3.26. The van der Waals surface area contributed by atoms with Crippen LogP contribution in [-0.2, 0) is 0 Å². The van der Waals surface area contributed by atoms with Gasteiger partial charge in [-0.05, 0) is 56.6 Å². The van der Waals surface area contributed by atoms with Crippen molar-refractivity contribution in [3.8, 4) is 5.75 Å². The van der Waals surface area contributed by atoms with Gasteiger partial charge in [-0.25, -0.2) is 0 Å². The Morgan fingerprint density at radius 2 is 1.79 bits per heavy atom. The number of ether oxygens (including phenoxy) is 1. The Balaban J connectivity index is 2.60. The molecule has 0 unspecified atom stereocenters. The molecule has 0 aliphatic rings. The molecule has 106 valence electrons. The molecule has 19 heavy (non-hydrogen) atoms. The van der Waals surface area contributed by atoms with Gasteiger partial charge in [-0.2, -0.15) is 0 Å². The molecule has 0 aromatic heterocycles. The number of aryl methyl sites for hydroxylation is 2. The van der Waals surface area contributed by atoms with Crippen LogP contribution in [0.3, 0.4) is 0 Å². The summed E-state index contributed by atoms with van der Waals surface area (Å²) in [6.07, 6.45) is 2.05. The molecule has 0 amide bonds. The van der Waals surface area contributed by atoms with Crippen molar-refractivity contribution in [1.29, 1.82) is 0 Å². The fraction of sp³-hybridized carbons (Fsp3) is 0.562. The smallest absolute Gasteiger partial charge is 0.150 e. The summed E-state index contributed by atoms with van der Waals surface area (Å²) in [6.45, 7) is 12.1. The van der Waals surface area contributed by atoms with Gasteiger partial charge in [0.15, 0.2) is 0 Å². The molecule has 0 spiro atoms. The highest BCUT2D eigenvalue weighted by Gasteiger charge is 2.07. The summed E-state index contributed by atoms with van der Waals surface area (Å²) in [5.74, 6) is 0.915. The Hall–Kier alpha value is -1.35. The zero-order valence-electron chi connectivity index (χ0n) is 12.5. The van der Waals surface area contributed by atoms with E-state index in [1.54, 1.807) is 0 Å². The third kappa shape index (κ3) is 4.67. The molecule has 0 N–H and O–H groups in total. The highest BCUT2D eigenvalue weighted by molar-refractivity contribution is 5.76. The van der Waals surface area contributed by atoms with Crippen molar-refractivity contribution in [2.75, 3.05) is 26.2 Å². The van der Waals surface area contributed by atoms with Gasteiger partial charge in [0, 0.05) is 12.1 Å². The SMILES string of the molecule is CCCN(CC)CCOc1c(C)cc(C=O)cc1C. The van der Waals surface area contributed by atoms with Gasteiger partial charge in [-0.15, -0.1) is 0 Å². The summed E-state index contributed by atoms with van der Waals surface area (Å²) >= 11 is 0. The van der Waals surface area contributed by atoms with Gasteiger partial charge in [0.2, 0.25) is 0 Å². The summed E-state index contributed by atoms with van der Waals surface area (Å²) in [5, 5.41) is 0. The molecule has 3 nitrogen and oxygen atoms in total. The lowest BCUT2D eigenvalue weighted by molar-refractivity contribution is 0.112. The summed E-state index contributed by atoms with van der Waals surface area (Å²) in [4.78, 5) is 13.2. The van der Waals surface area contributed by atoms with Gasteiger partial charge >= 0.3 is 0 Å². The number of rotatable bonds is 8. The molecule has 0 fully saturated rings. The average molecular weight is 263 g/mol. The van der Waals surface area contributed by atoms with E-state index in [0.29, 0.717) is 12.2 Å². The largest absolute Gasteiger partial charge is 0.492 e. The fourth-order valence-electron chi connectivity index (χ4n) is 2.30. The molecule has 3 heteroatoms. The summed E-state index contributed by atoms with van der Waals surface area (Å²) in [7, 11) is 0. The number of nitrogens with zero attached hydrogens (tertiary/aromatic N) is 1. The van der Waals surface area contributed by atoms with E-state index in [9.17, 15) is 4.79 Å². The van der Waals surface area contributed by atoms with Crippen molar-refractivity contribution >= 4 is 6.29 Å². The lowest BCUT2D eigenvalue weighted by Gasteiger charge is -2.20. The third-order valence-electron chi connectivity index (χ3n) is 3.26. The Labute approximate surface area is 116 Å². The monoisotopic (exact) mass is 263 g/mol. The van der Waals surface area contributed by atoms with E-state index < -0.39 is 0 Å². The van der Waals surface area contributed by atoms with Crippen molar-refractivity contribution in [2.24, 2.45) is 0 Å². The number of hydrogen-bond acceptors (Lipinski definition) is 3. The summed E-state index contributed by atoms with van der Waals surface area (Å²) in [5.41, 5.74) is 2.77.